The molecule has 0 amide bonds. The van der Waals surface area contributed by atoms with Gasteiger partial charge in [-0.1, -0.05) is 5.16 Å². The maximum atomic E-state index is 12.9. The number of rotatable bonds is 4. The molecule has 0 spiro atoms. The maximum absolute atomic E-state index is 12.9. The predicted molar refractivity (Wildman–Crippen MR) is 87.3 cm³/mol. The van der Waals surface area contributed by atoms with Crippen molar-refractivity contribution in [2.45, 2.75) is 49.5 Å². The van der Waals surface area contributed by atoms with Gasteiger partial charge in [0.1, 0.15) is 0 Å². The monoisotopic (exact) mass is 369 g/mol. The first-order chi connectivity index (χ1) is 11.3. The molecule has 2 aromatic rings. The molecule has 7 nitrogen and oxygen atoms in total. The molecule has 1 aliphatic carbocycles. The van der Waals surface area contributed by atoms with Crippen LogP contribution in [0.5, 0.6) is 0 Å². The van der Waals surface area contributed by atoms with Gasteiger partial charge in [-0.15, -0.1) is 11.3 Å². The van der Waals surface area contributed by atoms with Crippen LogP contribution >= 0.6 is 11.3 Å². The van der Waals surface area contributed by atoms with Gasteiger partial charge in [0, 0.05) is 28.6 Å². The van der Waals surface area contributed by atoms with Gasteiger partial charge >= 0.3 is 0 Å². The van der Waals surface area contributed by atoms with Crippen molar-refractivity contribution < 1.29 is 18.0 Å². The van der Waals surface area contributed by atoms with Crippen LogP contribution in [0.2, 0.25) is 0 Å². The molecule has 1 saturated heterocycles. The quantitative estimate of drug-likeness (QED) is 0.884. The molecule has 24 heavy (non-hydrogen) atoms. The lowest BCUT2D eigenvalue weighted by molar-refractivity contribution is 0.0194. The number of aryl methyl sites for hydroxylation is 2. The molecule has 9 heteroatoms. The standard InChI is InChI=1S/C15H19N3O4S2/c1-9-7-12(10(2)23-9)24(20,21)18-6-5-15(19,8-18)14-16-13(17-22-14)11-3-4-11/h7,11,19H,3-6,8H2,1-2H3/t15-/m1/s1. The first-order valence-electron chi connectivity index (χ1n) is 7.93. The van der Waals surface area contributed by atoms with Gasteiger partial charge in [-0.05, 0) is 32.8 Å². The van der Waals surface area contributed by atoms with E-state index in [0.29, 0.717) is 16.6 Å². The Morgan fingerprint density at radius 2 is 2.17 bits per heavy atom. The fraction of sp³-hybridized carbons (Fsp3) is 0.600. The van der Waals surface area contributed by atoms with E-state index in [0.717, 1.165) is 22.6 Å². The smallest absolute Gasteiger partial charge is 0.260 e. The second-order valence-corrected chi connectivity index (χ2v) is 10.00. The Kier molecular flexibility index (Phi) is 3.61. The Morgan fingerprint density at radius 1 is 1.42 bits per heavy atom. The van der Waals surface area contributed by atoms with Crippen LogP contribution in [0.25, 0.3) is 0 Å². The Bertz CT molecular complexity index is 884. The zero-order valence-electron chi connectivity index (χ0n) is 13.5. The van der Waals surface area contributed by atoms with Crippen LogP contribution in [-0.2, 0) is 15.6 Å². The van der Waals surface area contributed by atoms with Crippen molar-refractivity contribution in [1.29, 1.82) is 0 Å². The summed E-state index contributed by atoms with van der Waals surface area (Å²) >= 11 is 1.46. The Morgan fingerprint density at radius 3 is 2.79 bits per heavy atom. The summed E-state index contributed by atoms with van der Waals surface area (Å²) in [5.41, 5.74) is -1.41. The van der Waals surface area contributed by atoms with Crippen LogP contribution in [0.4, 0.5) is 0 Å². The zero-order chi connectivity index (χ0) is 17.1. The molecule has 4 rings (SSSR count). The summed E-state index contributed by atoms with van der Waals surface area (Å²) in [7, 11) is -3.63. The van der Waals surface area contributed by atoms with Crippen LogP contribution < -0.4 is 0 Å². The average molecular weight is 369 g/mol. The summed E-state index contributed by atoms with van der Waals surface area (Å²) in [5, 5.41) is 14.8. The number of thiophene rings is 1. The number of aliphatic hydroxyl groups is 1. The Labute approximate surface area is 144 Å². The minimum atomic E-state index is -3.63. The highest BCUT2D eigenvalue weighted by molar-refractivity contribution is 7.89. The summed E-state index contributed by atoms with van der Waals surface area (Å²) in [6.45, 7) is 3.85. The van der Waals surface area contributed by atoms with E-state index in [1.165, 1.54) is 15.6 Å². The highest BCUT2D eigenvalue weighted by Crippen LogP contribution is 2.40. The van der Waals surface area contributed by atoms with E-state index >= 15 is 0 Å². The lowest BCUT2D eigenvalue weighted by Crippen LogP contribution is -2.34. The number of sulfonamides is 1. The predicted octanol–water partition coefficient (Wildman–Crippen LogP) is 1.91. The third-order valence-corrected chi connectivity index (χ3v) is 7.67. The number of hydrogen-bond acceptors (Lipinski definition) is 7. The molecule has 1 aliphatic heterocycles. The van der Waals surface area contributed by atoms with Gasteiger partial charge in [-0.2, -0.15) is 9.29 Å². The highest BCUT2D eigenvalue weighted by atomic mass is 32.2. The van der Waals surface area contributed by atoms with Crippen molar-refractivity contribution in [2.75, 3.05) is 13.1 Å². The Hall–Kier alpha value is -1.29. The van der Waals surface area contributed by atoms with Gasteiger partial charge in [-0.25, -0.2) is 8.42 Å². The third-order valence-electron chi connectivity index (χ3n) is 4.61. The van der Waals surface area contributed by atoms with E-state index in [2.05, 4.69) is 10.1 Å². The van der Waals surface area contributed by atoms with Gasteiger partial charge < -0.3 is 9.63 Å². The van der Waals surface area contributed by atoms with Crippen molar-refractivity contribution >= 4 is 21.4 Å². The molecule has 1 N–H and O–H groups in total. The lowest BCUT2D eigenvalue weighted by atomic mass is 10.0. The molecule has 0 unspecified atom stereocenters. The van der Waals surface area contributed by atoms with Crippen LogP contribution in [0.3, 0.4) is 0 Å². The summed E-state index contributed by atoms with van der Waals surface area (Å²) in [5.74, 6) is 1.06. The van der Waals surface area contributed by atoms with Gasteiger partial charge in [0.2, 0.25) is 10.0 Å². The number of β-amino-alcohol motifs (C(OH)–C–C–N with tert-alkyl or cyclic N) is 1. The van der Waals surface area contributed by atoms with Crippen molar-refractivity contribution in [3.05, 3.63) is 27.5 Å². The van der Waals surface area contributed by atoms with Crippen molar-refractivity contribution in [3.63, 3.8) is 0 Å². The second kappa shape index (κ2) is 5.35. The molecule has 0 bridgehead atoms. The third kappa shape index (κ3) is 2.59. The van der Waals surface area contributed by atoms with Crippen LogP contribution in [0.15, 0.2) is 15.5 Å². The van der Waals surface area contributed by atoms with Crippen LogP contribution in [0, 0.1) is 13.8 Å². The van der Waals surface area contributed by atoms with Crippen LogP contribution in [-0.4, -0.2) is 41.1 Å². The van der Waals surface area contributed by atoms with Gasteiger partial charge in [0.05, 0.1) is 11.4 Å². The van der Waals surface area contributed by atoms with E-state index in [4.69, 9.17) is 4.52 Å². The Balaban J connectivity index is 1.59. The summed E-state index contributed by atoms with van der Waals surface area (Å²) in [6, 6.07) is 1.69. The first-order valence-corrected chi connectivity index (χ1v) is 10.2. The van der Waals surface area contributed by atoms with Crippen molar-refractivity contribution in [3.8, 4) is 0 Å². The van der Waals surface area contributed by atoms with E-state index < -0.39 is 15.6 Å². The van der Waals surface area contributed by atoms with E-state index in [-0.39, 0.29) is 25.4 Å². The number of aromatic nitrogens is 2. The van der Waals surface area contributed by atoms with Crippen molar-refractivity contribution in [1.82, 2.24) is 14.4 Å². The van der Waals surface area contributed by atoms with Crippen molar-refractivity contribution in [2.24, 2.45) is 0 Å². The van der Waals surface area contributed by atoms with E-state index in [1.807, 2.05) is 6.92 Å². The van der Waals surface area contributed by atoms with E-state index in [1.54, 1.807) is 13.0 Å². The summed E-state index contributed by atoms with van der Waals surface area (Å²) < 4.78 is 32.3. The fourth-order valence-corrected chi connectivity index (χ4v) is 6.09. The molecule has 2 aromatic heterocycles. The molecule has 130 valence electrons. The fourth-order valence-electron chi connectivity index (χ4n) is 3.07. The SMILES string of the molecule is Cc1cc(S(=O)(=O)N2CC[C@](O)(c3nc(C4CC4)no3)C2)c(C)s1. The molecule has 0 radical (unpaired) electrons. The second-order valence-electron chi connectivity index (χ2n) is 6.63. The van der Waals surface area contributed by atoms with E-state index in [9.17, 15) is 13.5 Å². The zero-order valence-corrected chi connectivity index (χ0v) is 15.2. The molecular weight excluding hydrogens is 350 g/mol. The highest BCUT2D eigenvalue weighted by Gasteiger charge is 2.47. The van der Waals surface area contributed by atoms with Crippen LogP contribution in [0.1, 0.15) is 46.6 Å². The summed E-state index contributed by atoms with van der Waals surface area (Å²) in [4.78, 5) is 6.32. The number of nitrogens with zero attached hydrogens (tertiary/aromatic N) is 3. The minimum absolute atomic E-state index is 0.0596. The van der Waals surface area contributed by atoms with Gasteiger partial charge in [0.15, 0.2) is 11.4 Å². The maximum Gasteiger partial charge on any atom is 0.260 e. The molecule has 1 atom stereocenters. The lowest BCUT2D eigenvalue weighted by Gasteiger charge is -2.19. The molecule has 2 fully saturated rings. The van der Waals surface area contributed by atoms with Gasteiger partial charge in [-0.3, -0.25) is 0 Å². The number of hydrogen-bond donors (Lipinski definition) is 1. The molecule has 1 saturated carbocycles. The first kappa shape index (κ1) is 16.2. The molecular formula is C15H19N3O4S2. The molecule has 2 aliphatic rings. The largest absolute Gasteiger partial charge is 0.379 e. The molecule has 0 aromatic carbocycles. The van der Waals surface area contributed by atoms with Gasteiger partial charge in [0.25, 0.3) is 5.89 Å². The molecule has 3 heterocycles. The summed E-state index contributed by atoms with van der Waals surface area (Å²) in [6.07, 6.45) is 2.32. The average Bonchev–Trinajstić information content (AvgIpc) is 2.95. The topological polar surface area (TPSA) is 96.5 Å². The normalized spacial score (nSPS) is 25.5. The minimum Gasteiger partial charge on any atom is -0.379 e.